The van der Waals surface area contributed by atoms with E-state index in [0.717, 1.165) is 5.56 Å². The highest BCUT2D eigenvalue weighted by Gasteiger charge is 2.27. The van der Waals surface area contributed by atoms with Gasteiger partial charge in [-0.2, -0.15) is 4.31 Å². The number of ether oxygens (including phenoxy) is 4. The monoisotopic (exact) mass is 490 g/mol. The number of methoxy groups -OCH3 is 1. The number of morpholine rings is 1. The number of hydrogen-bond donors (Lipinski definition) is 1. The van der Waals surface area contributed by atoms with Crippen LogP contribution in [0, 0.1) is 0 Å². The molecule has 0 radical (unpaired) electrons. The minimum absolute atomic E-state index is 0.0651. The lowest BCUT2D eigenvalue weighted by atomic mass is 10.2. The number of rotatable bonds is 10. The van der Waals surface area contributed by atoms with Crippen molar-refractivity contribution in [1.29, 1.82) is 0 Å². The average molecular weight is 491 g/mol. The summed E-state index contributed by atoms with van der Waals surface area (Å²) in [5.74, 6) is 0.808. The fourth-order valence-corrected chi connectivity index (χ4v) is 4.85. The molecule has 1 amide bonds. The Morgan fingerprint density at radius 2 is 1.82 bits per heavy atom. The van der Waals surface area contributed by atoms with Crippen LogP contribution in [-0.4, -0.2) is 65.3 Å². The number of sulfonamides is 1. The lowest BCUT2D eigenvalue weighted by molar-refractivity contribution is -0.118. The SMILES string of the molecule is C/C=C/c1ccc(OCC(=O)Nc2cc(S(=O)(=O)N3CCOCC3)ccc2OCC)c(OC)c1. The molecule has 34 heavy (non-hydrogen) atoms. The smallest absolute Gasteiger partial charge is 0.262 e. The second-order valence-electron chi connectivity index (χ2n) is 7.35. The molecule has 1 fully saturated rings. The zero-order chi connectivity index (χ0) is 24.6. The van der Waals surface area contributed by atoms with E-state index in [1.165, 1.54) is 29.6 Å². The van der Waals surface area contributed by atoms with E-state index in [1.807, 2.05) is 25.1 Å². The fraction of sp³-hybridized carbons (Fsp3) is 0.375. The molecule has 1 aliphatic rings. The zero-order valence-electron chi connectivity index (χ0n) is 19.6. The number of carbonyl (C=O) groups excluding carboxylic acids is 1. The average Bonchev–Trinajstić information content (AvgIpc) is 2.85. The maximum absolute atomic E-state index is 13.0. The molecule has 0 aromatic heterocycles. The molecule has 1 N–H and O–H groups in total. The van der Waals surface area contributed by atoms with Crippen molar-refractivity contribution < 1.29 is 32.2 Å². The normalized spacial score (nSPS) is 14.7. The standard InChI is InChI=1S/C24H30N2O7S/c1-4-6-18-7-9-22(23(15-18)30-3)33-17-24(27)25-20-16-19(8-10-21(20)32-5-2)34(28,29)26-11-13-31-14-12-26/h4,6-10,15-16H,5,11-14,17H2,1-3H3,(H,25,27)/b6-4+. The molecular weight excluding hydrogens is 460 g/mol. The molecule has 0 aliphatic carbocycles. The van der Waals surface area contributed by atoms with Crippen LogP contribution >= 0.6 is 0 Å². The van der Waals surface area contributed by atoms with Gasteiger partial charge in [-0.1, -0.05) is 18.2 Å². The number of benzene rings is 2. The number of allylic oxidation sites excluding steroid dienone is 1. The first-order chi connectivity index (χ1) is 16.4. The molecule has 184 valence electrons. The quantitative estimate of drug-likeness (QED) is 0.546. The van der Waals surface area contributed by atoms with Gasteiger partial charge in [0.05, 0.1) is 37.5 Å². The van der Waals surface area contributed by atoms with Gasteiger partial charge in [0.15, 0.2) is 18.1 Å². The molecule has 2 aromatic rings. The summed E-state index contributed by atoms with van der Waals surface area (Å²) in [6.07, 6.45) is 3.83. The van der Waals surface area contributed by atoms with Crippen LogP contribution in [0.5, 0.6) is 17.2 Å². The van der Waals surface area contributed by atoms with Crippen LogP contribution in [0.1, 0.15) is 19.4 Å². The molecule has 0 atom stereocenters. The maximum Gasteiger partial charge on any atom is 0.262 e. The Bertz CT molecular complexity index is 1130. The van der Waals surface area contributed by atoms with Crippen LogP contribution in [0.3, 0.4) is 0 Å². The van der Waals surface area contributed by atoms with Gasteiger partial charge in [-0.25, -0.2) is 8.42 Å². The van der Waals surface area contributed by atoms with Crippen molar-refractivity contribution in [3.05, 3.63) is 48.0 Å². The zero-order valence-corrected chi connectivity index (χ0v) is 20.4. The van der Waals surface area contributed by atoms with Crippen molar-refractivity contribution in [3.8, 4) is 17.2 Å². The molecule has 2 aromatic carbocycles. The number of nitrogens with one attached hydrogen (secondary N) is 1. The first-order valence-electron chi connectivity index (χ1n) is 11.0. The van der Waals surface area contributed by atoms with Gasteiger partial charge in [0, 0.05) is 13.1 Å². The minimum Gasteiger partial charge on any atom is -0.493 e. The van der Waals surface area contributed by atoms with E-state index in [0.29, 0.717) is 37.1 Å². The predicted molar refractivity (Wildman–Crippen MR) is 129 cm³/mol. The van der Waals surface area contributed by atoms with Gasteiger partial charge < -0.3 is 24.3 Å². The second-order valence-corrected chi connectivity index (χ2v) is 9.29. The molecule has 9 nitrogen and oxygen atoms in total. The molecule has 10 heteroatoms. The van der Waals surface area contributed by atoms with Crippen LogP contribution < -0.4 is 19.5 Å². The van der Waals surface area contributed by atoms with Crippen molar-refractivity contribution in [2.75, 3.05) is 51.9 Å². The molecule has 0 saturated carbocycles. The van der Waals surface area contributed by atoms with Crippen molar-refractivity contribution in [2.45, 2.75) is 18.7 Å². The van der Waals surface area contributed by atoms with E-state index in [2.05, 4.69) is 5.32 Å². The predicted octanol–water partition coefficient (Wildman–Crippen LogP) is 3.17. The van der Waals surface area contributed by atoms with Crippen LogP contribution in [0.25, 0.3) is 6.08 Å². The third-order valence-electron chi connectivity index (χ3n) is 5.04. The fourth-order valence-electron chi connectivity index (χ4n) is 3.41. The van der Waals surface area contributed by atoms with E-state index < -0.39 is 15.9 Å². The summed E-state index contributed by atoms with van der Waals surface area (Å²) < 4.78 is 49.2. The Morgan fingerprint density at radius 3 is 2.50 bits per heavy atom. The summed E-state index contributed by atoms with van der Waals surface area (Å²) in [6, 6.07) is 9.79. The van der Waals surface area contributed by atoms with E-state index >= 15 is 0 Å². The molecule has 1 aliphatic heterocycles. The highest BCUT2D eigenvalue weighted by Crippen LogP contribution is 2.31. The third kappa shape index (κ3) is 6.28. The number of anilines is 1. The van der Waals surface area contributed by atoms with Gasteiger partial charge in [-0.05, 0) is 49.7 Å². The van der Waals surface area contributed by atoms with E-state index in [-0.39, 0.29) is 30.3 Å². The third-order valence-corrected chi connectivity index (χ3v) is 6.93. The molecular formula is C24H30N2O7S. The first-order valence-corrected chi connectivity index (χ1v) is 12.4. The summed E-state index contributed by atoms with van der Waals surface area (Å²) in [5, 5.41) is 2.70. The maximum atomic E-state index is 13.0. The van der Waals surface area contributed by atoms with Gasteiger partial charge in [0.2, 0.25) is 10.0 Å². The number of hydrogen-bond acceptors (Lipinski definition) is 7. The van der Waals surface area contributed by atoms with Crippen molar-refractivity contribution in [3.63, 3.8) is 0 Å². The Labute approximate surface area is 200 Å². The largest absolute Gasteiger partial charge is 0.493 e. The van der Waals surface area contributed by atoms with Crippen molar-refractivity contribution in [2.24, 2.45) is 0 Å². The summed E-state index contributed by atoms with van der Waals surface area (Å²) in [4.78, 5) is 12.7. The van der Waals surface area contributed by atoms with E-state index in [4.69, 9.17) is 18.9 Å². The highest BCUT2D eigenvalue weighted by atomic mass is 32.2. The van der Waals surface area contributed by atoms with Crippen LogP contribution in [0.4, 0.5) is 5.69 Å². The summed E-state index contributed by atoms with van der Waals surface area (Å²) >= 11 is 0. The number of amides is 1. The molecule has 3 rings (SSSR count). The van der Waals surface area contributed by atoms with Gasteiger partial charge in [0.1, 0.15) is 5.75 Å². The Balaban J connectivity index is 1.75. The van der Waals surface area contributed by atoms with Crippen LogP contribution in [0.2, 0.25) is 0 Å². The number of nitrogens with zero attached hydrogens (tertiary/aromatic N) is 1. The Morgan fingerprint density at radius 1 is 1.09 bits per heavy atom. The van der Waals surface area contributed by atoms with Crippen LogP contribution in [-0.2, 0) is 19.6 Å². The van der Waals surface area contributed by atoms with Gasteiger partial charge >= 0.3 is 0 Å². The molecule has 0 unspecified atom stereocenters. The van der Waals surface area contributed by atoms with Crippen molar-refractivity contribution in [1.82, 2.24) is 4.31 Å². The summed E-state index contributed by atoms with van der Waals surface area (Å²) in [6.45, 7) is 5.01. The molecule has 1 saturated heterocycles. The lowest BCUT2D eigenvalue weighted by Gasteiger charge is -2.26. The Hall–Kier alpha value is -3.08. The number of carbonyl (C=O) groups is 1. The lowest BCUT2D eigenvalue weighted by Crippen LogP contribution is -2.40. The van der Waals surface area contributed by atoms with Crippen LogP contribution in [0.15, 0.2) is 47.4 Å². The topological polar surface area (TPSA) is 103 Å². The molecule has 0 bridgehead atoms. The second kappa shape index (κ2) is 11.9. The van der Waals surface area contributed by atoms with Gasteiger partial charge in [-0.3, -0.25) is 4.79 Å². The first kappa shape index (κ1) is 25.5. The molecule has 0 spiro atoms. The van der Waals surface area contributed by atoms with Gasteiger partial charge in [0.25, 0.3) is 5.91 Å². The summed E-state index contributed by atoms with van der Waals surface area (Å²) in [5.41, 5.74) is 1.19. The Kier molecular flexibility index (Phi) is 8.91. The van der Waals surface area contributed by atoms with E-state index in [9.17, 15) is 13.2 Å². The highest BCUT2D eigenvalue weighted by molar-refractivity contribution is 7.89. The van der Waals surface area contributed by atoms with E-state index in [1.54, 1.807) is 19.1 Å². The van der Waals surface area contributed by atoms with Crippen molar-refractivity contribution >= 4 is 27.7 Å². The molecule has 1 heterocycles. The summed E-state index contributed by atoms with van der Waals surface area (Å²) in [7, 11) is -2.21. The minimum atomic E-state index is -3.73. The van der Waals surface area contributed by atoms with Gasteiger partial charge in [-0.15, -0.1) is 0 Å².